The van der Waals surface area contributed by atoms with Gasteiger partial charge in [-0.1, -0.05) is 17.2 Å². The normalized spacial score (nSPS) is 12.4. The van der Waals surface area contributed by atoms with Gasteiger partial charge in [0.05, 0.1) is 12.9 Å². The lowest BCUT2D eigenvalue weighted by molar-refractivity contribution is -0.144. The number of esters is 1. The van der Waals surface area contributed by atoms with E-state index in [-0.39, 0.29) is 18.1 Å². The second kappa shape index (κ2) is 11.8. The maximum absolute atomic E-state index is 12.3. The van der Waals surface area contributed by atoms with E-state index in [9.17, 15) is 18.2 Å². The van der Waals surface area contributed by atoms with Crippen molar-refractivity contribution in [3.8, 4) is 5.75 Å². The van der Waals surface area contributed by atoms with Gasteiger partial charge in [0.15, 0.2) is 0 Å². The maximum Gasteiger partial charge on any atom is 0.329 e. The standard InChI is InChI=1S/C15H19FN4O5S/c1-24-15(22)13(19-14(21)8-18-20-17)10-26(23)9-11-3-2-4-12(7-11)25-6-5-16/h2-4,7,13H,5-6,8-10H2,1H3,(H,19,21)/t13-,26?/m1/s1. The second-order valence-corrected chi connectivity index (χ2v) is 6.47. The van der Waals surface area contributed by atoms with E-state index in [4.69, 9.17) is 10.3 Å². The van der Waals surface area contributed by atoms with Crippen LogP contribution in [0.25, 0.3) is 10.4 Å². The number of azide groups is 1. The van der Waals surface area contributed by atoms with Crippen LogP contribution in [-0.2, 0) is 30.9 Å². The van der Waals surface area contributed by atoms with Crippen LogP contribution >= 0.6 is 0 Å². The summed E-state index contributed by atoms with van der Waals surface area (Å²) in [5.74, 6) is -1.06. The van der Waals surface area contributed by atoms with Crippen LogP contribution in [0.3, 0.4) is 0 Å². The predicted octanol–water partition coefficient (Wildman–Crippen LogP) is 1.25. The van der Waals surface area contributed by atoms with Gasteiger partial charge in [0, 0.05) is 21.5 Å². The van der Waals surface area contributed by atoms with E-state index in [0.29, 0.717) is 11.3 Å². The zero-order valence-corrected chi connectivity index (χ0v) is 14.9. The molecule has 26 heavy (non-hydrogen) atoms. The summed E-state index contributed by atoms with van der Waals surface area (Å²) in [5.41, 5.74) is 8.87. The molecule has 0 spiro atoms. The Balaban J connectivity index is 2.69. The molecule has 0 aliphatic heterocycles. The molecule has 142 valence electrons. The molecule has 0 aliphatic carbocycles. The van der Waals surface area contributed by atoms with Gasteiger partial charge in [-0.05, 0) is 23.2 Å². The molecule has 1 rings (SSSR count). The summed E-state index contributed by atoms with van der Waals surface area (Å²) >= 11 is 0. The quantitative estimate of drug-likeness (QED) is 0.265. The molecule has 0 aliphatic rings. The molecular formula is C15H19FN4O5S. The molecule has 11 heteroatoms. The van der Waals surface area contributed by atoms with Crippen molar-refractivity contribution < 1.29 is 27.7 Å². The third-order valence-electron chi connectivity index (χ3n) is 3.02. The van der Waals surface area contributed by atoms with Crippen molar-refractivity contribution in [1.82, 2.24) is 5.32 Å². The van der Waals surface area contributed by atoms with Gasteiger partial charge in [-0.3, -0.25) is 9.00 Å². The minimum atomic E-state index is -1.51. The van der Waals surface area contributed by atoms with Crippen LogP contribution in [0.1, 0.15) is 5.56 Å². The summed E-state index contributed by atoms with van der Waals surface area (Å²) in [6, 6.07) is 5.54. The largest absolute Gasteiger partial charge is 0.491 e. The Morgan fingerprint density at radius 3 is 2.88 bits per heavy atom. The zero-order valence-electron chi connectivity index (χ0n) is 14.1. The number of nitrogens with one attached hydrogen (secondary N) is 1. The number of hydrogen-bond acceptors (Lipinski definition) is 6. The van der Waals surface area contributed by atoms with Gasteiger partial charge in [-0.15, -0.1) is 0 Å². The highest BCUT2D eigenvalue weighted by molar-refractivity contribution is 7.84. The number of benzene rings is 1. The number of nitrogens with zero attached hydrogens (tertiary/aromatic N) is 3. The van der Waals surface area contributed by atoms with E-state index >= 15 is 0 Å². The molecule has 0 aromatic heterocycles. The molecule has 1 aromatic carbocycles. The number of halogens is 1. The van der Waals surface area contributed by atoms with Gasteiger partial charge in [-0.25, -0.2) is 9.18 Å². The van der Waals surface area contributed by atoms with Gasteiger partial charge in [0.2, 0.25) is 5.91 Å². The van der Waals surface area contributed by atoms with Crippen LogP contribution in [0.2, 0.25) is 0 Å². The Kier molecular flexibility index (Phi) is 9.73. The van der Waals surface area contributed by atoms with Gasteiger partial charge < -0.3 is 14.8 Å². The summed E-state index contributed by atoms with van der Waals surface area (Å²) in [7, 11) is -0.366. The lowest BCUT2D eigenvalue weighted by atomic mass is 10.2. The minimum Gasteiger partial charge on any atom is -0.491 e. The Morgan fingerprint density at radius 1 is 1.46 bits per heavy atom. The van der Waals surface area contributed by atoms with Crippen LogP contribution in [0.5, 0.6) is 5.75 Å². The Morgan fingerprint density at radius 2 is 2.23 bits per heavy atom. The number of alkyl halides is 1. The third-order valence-corrected chi connectivity index (χ3v) is 4.38. The van der Waals surface area contributed by atoms with Crippen LogP contribution in [-0.4, -0.2) is 54.8 Å². The molecule has 0 bridgehead atoms. The number of methoxy groups -OCH3 is 1. The topological polar surface area (TPSA) is 130 Å². The van der Waals surface area contributed by atoms with E-state index in [1.54, 1.807) is 24.3 Å². The lowest BCUT2D eigenvalue weighted by Crippen LogP contribution is -2.46. The van der Waals surface area contributed by atoms with Crippen molar-refractivity contribution in [1.29, 1.82) is 0 Å². The molecule has 0 fully saturated rings. The molecule has 1 N–H and O–H groups in total. The van der Waals surface area contributed by atoms with Crippen LogP contribution < -0.4 is 10.1 Å². The van der Waals surface area contributed by atoms with Crippen molar-refractivity contribution in [2.45, 2.75) is 11.8 Å². The highest BCUT2D eigenvalue weighted by atomic mass is 32.2. The average Bonchev–Trinajstić information content (AvgIpc) is 2.63. The number of ether oxygens (including phenoxy) is 2. The smallest absolute Gasteiger partial charge is 0.329 e. The van der Waals surface area contributed by atoms with Gasteiger partial charge >= 0.3 is 5.97 Å². The summed E-state index contributed by atoms with van der Waals surface area (Å²) in [5, 5.41) is 5.41. The van der Waals surface area contributed by atoms with E-state index < -0.39 is 41.9 Å². The fourth-order valence-corrected chi connectivity index (χ4v) is 3.22. The molecule has 0 saturated heterocycles. The monoisotopic (exact) mass is 386 g/mol. The van der Waals surface area contributed by atoms with Gasteiger partial charge in [0.1, 0.15) is 31.6 Å². The van der Waals surface area contributed by atoms with Crippen molar-refractivity contribution in [2.75, 3.05) is 32.7 Å². The van der Waals surface area contributed by atoms with E-state index in [2.05, 4.69) is 20.1 Å². The fraction of sp³-hybridized carbons (Fsp3) is 0.467. The molecule has 1 unspecified atom stereocenters. The molecule has 0 saturated carbocycles. The van der Waals surface area contributed by atoms with E-state index in [0.717, 1.165) is 7.11 Å². The molecule has 2 atom stereocenters. The number of hydrogen-bond donors (Lipinski definition) is 1. The Bertz CT molecular complexity index is 696. The molecular weight excluding hydrogens is 367 g/mol. The van der Waals surface area contributed by atoms with Crippen LogP contribution in [0.15, 0.2) is 29.4 Å². The Hall–Kier alpha value is -2.65. The number of carbonyl (C=O) groups is 2. The van der Waals surface area contributed by atoms with E-state index in [1.165, 1.54) is 0 Å². The third kappa shape index (κ3) is 7.95. The maximum atomic E-state index is 12.3. The van der Waals surface area contributed by atoms with Crippen LogP contribution in [0.4, 0.5) is 4.39 Å². The molecule has 1 amide bonds. The zero-order chi connectivity index (χ0) is 19.4. The molecule has 1 aromatic rings. The summed E-state index contributed by atoms with van der Waals surface area (Å²) in [6.07, 6.45) is 0. The average molecular weight is 386 g/mol. The predicted molar refractivity (Wildman–Crippen MR) is 92.6 cm³/mol. The Labute approximate surface area is 151 Å². The van der Waals surface area contributed by atoms with Gasteiger partial charge in [0.25, 0.3) is 0 Å². The minimum absolute atomic E-state index is 0.0752. The summed E-state index contributed by atoms with van der Waals surface area (Å²) < 4.78 is 34.2. The molecule has 0 radical (unpaired) electrons. The first-order valence-electron chi connectivity index (χ1n) is 7.50. The number of rotatable bonds is 11. The van der Waals surface area contributed by atoms with Crippen molar-refractivity contribution >= 4 is 22.7 Å². The second-order valence-electron chi connectivity index (χ2n) is 4.97. The number of amides is 1. The highest BCUT2D eigenvalue weighted by Crippen LogP contribution is 2.15. The van der Waals surface area contributed by atoms with Crippen molar-refractivity contribution in [2.24, 2.45) is 5.11 Å². The SMILES string of the molecule is COC(=O)[C@@H](CS(=O)Cc1cccc(OCCF)c1)NC(=O)CN=[N+]=[N-]. The van der Waals surface area contributed by atoms with Crippen molar-refractivity contribution in [3.63, 3.8) is 0 Å². The molecule has 0 heterocycles. The van der Waals surface area contributed by atoms with Gasteiger partial charge in [-0.2, -0.15) is 0 Å². The first-order chi connectivity index (χ1) is 12.5. The van der Waals surface area contributed by atoms with Crippen LogP contribution in [0, 0.1) is 0 Å². The summed E-state index contributed by atoms with van der Waals surface area (Å²) in [4.78, 5) is 25.8. The summed E-state index contributed by atoms with van der Waals surface area (Å²) in [6.45, 7) is -1.18. The molecule has 9 nitrogen and oxygen atoms in total. The first-order valence-corrected chi connectivity index (χ1v) is 8.99. The first kappa shape index (κ1) is 21.4. The lowest BCUT2D eigenvalue weighted by Gasteiger charge is -2.15. The highest BCUT2D eigenvalue weighted by Gasteiger charge is 2.24. The van der Waals surface area contributed by atoms with E-state index in [1.807, 2.05) is 0 Å². The number of carbonyl (C=O) groups excluding carboxylic acids is 2. The fourth-order valence-electron chi connectivity index (χ4n) is 1.96. The van der Waals surface area contributed by atoms with Crippen molar-refractivity contribution in [3.05, 3.63) is 40.3 Å².